The molecular weight excluding hydrogens is 390 g/mol. The molecular formula is C24H31N5O2. The first-order valence-corrected chi connectivity index (χ1v) is 11.4. The molecule has 2 aliphatic heterocycles. The third-order valence-corrected chi connectivity index (χ3v) is 7.50. The third kappa shape index (κ3) is 3.76. The van der Waals surface area contributed by atoms with Gasteiger partial charge in [0.15, 0.2) is 0 Å². The van der Waals surface area contributed by atoms with Crippen molar-refractivity contribution in [1.29, 1.82) is 0 Å². The number of ether oxygens (including phenoxy) is 1. The van der Waals surface area contributed by atoms with Crippen LogP contribution in [-0.4, -0.2) is 54.4 Å². The molecule has 0 bridgehead atoms. The minimum Gasteiger partial charge on any atom is -0.378 e. The van der Waals surface area contributed by atoms with Gasteiger partial charge >= 0.3 is 6.03 Å². The van der Waals surface area contributed by atoms with Gasteiger partial charge in [0, 0.05) is 19.3 Å². The van der Waals surface area contributed by atoms with Gasteiger partial charge in [0.1, 0.15) is 5.82 Å². The normalized spacial score (nSPS) is 28.7. The zero-order valence-electron chi connectivity index (χ0n) is 18.2. The summed E-state index contributed by atoms with van der Waals surface area (Å²) in [5, 5.41) is 3.32. The number of rotatable bonds is 4. The molecule has 7 nitrogen and oxygen atoms in total. The highest BCUT2D eigenvalue weighted by atomic mass is 16.5. The maximum atomic E-state index is 13.0. The van der Waals surface area contributed by atoms with Crippen molar-refractivity contribution in [2.24, 2.45) is 0 Å². The van der Waals surface area contributed by atoms with E-state index in [4.69, 9.17) is 9.72 Å². The lowest BCUT2D eigenvalue weighted by molar-refractivity contribution is 0.122. The number of anilines is 2. The number of nitrogens with one attached hydrogen (secondary N) is 1. The van der Waals surface area contributed by atoms with Crippen molar-refractivity contribution in [3.63, 3.8) is 0 Å². The Morgan fingerprint density at radius 1 is 1.06 bits per heavy atom. The SMILES string of the molecule is CC[C@]1(c2ccccc2)CC[C@]2(CC1)CN(c1ccnc(N3CCOCC3)n1)C(=O)N2. The molecule has 3 heterocycles. The van der Waals surface area contributed by atoms with Crippen molar-refractivity contribution in [3.8, 4) is 0 Å². The molecule has 164 valence electrons. The summed E-state index contributed by atoms with van der Waals surface area (Å²) in [6, 6.07) is 12.7. The minimum atomic E-state index is -0.172. The maximum absolute atomic E-state index is 13.0. The highest BCUT2D eigenvalue weighted by Crippen LogP contribution is 2.47. The number of amides is 2. The average molecular weight is 422 g/mol. The molecule has 0 unspecified atom stereocenters. The molecule has 5 rings (SSSR count). The molecule has 1 aromatic carbocycles. The fourth-order valence-corrected chi connectivity index (χ4v) is 5.43. The predicted octanol–water partition coefficient (Wildman–Crippen LogP) is 3.50. The topological polar surface area (TPSA) is 70.6 Å². The Hall–Kier alpha value is -2.67. The van der Waals surface area contributed by atoms with Crippen LogP contribution in [0.4, 0.5) is 16.6 Å². The van der Waals surface area contributed by atoms with Crippen molar-refractivity contribution in [2.75, 3.05) is 42.6 Å². The molecule has 0 radical (unpaired) electrons. The fraction of sp³-hybridized carbons (Fsp3) is 0.542. The summed E-state index contributed by atoms with van der Waals surface area (Å²) in [5.74, 6) is 1.36. The molecule has 1 spiro atoms. The van der Waals surface area contributed by atoms with Crippen LogP contribution in [0.2, 0.25) is 0 Å². The molecule has 0 atom stereocenters. The number of morpholine rings is 1. The molecule has 3 aliphatic rings. The van der Waals surface area contributed by atoms with Gasteiger partial charge < -0.3 is 15.0 Å². The van der Waals surface area contributed by atoms with Crippen LogP contribution in [0.3, 0.4) is 0 Å². The lowest BCUT2D eigenvalue weighted by atomic mass is 9.63. The number of hydrogen-bond acceptors (Lipinski definition) is 5. The van der Waals surface area contributed by atoms with E-state index in [0.29, 0.717) is 31.5 Å². The van der Waals surface area contributed by atoms with Crippen LogP contribution in [0.25, 0.3) is 0 Å². The second kappa shape index (κ2) is 8.11. The molecule has 2 aromatic rings. The number of nitrogens with zero attached hydrogens (tertiary/aromatic N) is 4. The molecule has 1 saturated carbocycles. The molecule has 31 heavy (non-hydrogen) atoms. The highest BCUT2D eigenvalue weighted by molar-refractivity contribution is 5.94. The quantitative estimate of drug-likeness (QED) is 0.818. The number of aromatic nitrogens is 2. The zero-order valence-corrected chi connectivity index (χ0v) is 18.2. The smallest absolute Gasteiger partial charge is 0.323 e. The molecule has 2 amide bonds. The van der Waals surface area contributed by atoms with Crippen molar-refractivity contribution in [1.82, 2.24) is 15.3 Å². The van der Waals surface area contributed by atoms with Crippen LogP contribution in [0.15, 0.2) is 42.6 Å². The largest absolute Gasteiger partial charge is 0.378 e. The van der Waals surface area contributed by atoms with Gasteiger partial charge in [0.2, 0.25) is 5.95 Å². The van der Waals surface area contributed by atoms with Crippen LogP contribution in [0.1, 0.15) is 44.6 Å². The van der Waals surface area contributed by atoms with Crippen LogP contribution in [0.5, 0.6) is 0 Å². The Balaban J connectivity index is 1.32. The molecule has 1 aromatic heterocycles. The van der Waals surface area contributed by atoms with Gasteiger partial charge in [-0.25, -0.2) is 9.78 Å². The summed E-state index contributed by atoms with van der Waals surface area (Å²) >= 11 is 0. The van der Waals surface area contributed by atoms with Crippen LogP contribution >= 0.6 is 0 Å². The first kappa shape index (κ1) is 20.2. The Morgan fingerprint density at radius 2 is 1.81 bits per heavy atom. The number of benzene rings is 1. The van der Waals surface area contributed by atoms with E-state index in [2.05, 4.69) is 52.5 Å². The second-order valence-corrected chi connectivity index (χ2v) is 9.11. The summed E-state index contributed by atoms with van der Waals surface area (Å²) in [6.07, 6.45) is 7.02. The number of urea groups is 1. The van der Waals surface area contributed by atoms with Crippen molar-refractivity contribution < 1.29 is 9.53 Å². The number of carbonyl (C=O) groups excluding carboxylic acids is 1. The van der Waals surface area contributed by atoms with E-state index in [1.165, 1.54) is 5.56 Å². The summed E-state index contributed by atoms with van der Waals surface area (Å²) in [4.78, 5) is 26.0. The zero-order chi connectivity index (χ0) is 21.3. The van der Waals surface area contributed by atoms with E-state index in [0.717, 1.165) is 45.2 Å². The van der Waals surface area contributed by atoms with Gasteiger partial charge in [-0.2, -0.15) is 4.98 Å². The highest BCUT2D eigenvalue weighted by Gasteiger charge is 2.49. The number of carbonyl (C=O) groups is 1. The molecule has 3 fully saturated rings. The monoisotopic (exact) mass is 421 g/mol. The molecule has 1 N–H and O–H groups in total. The molecule has 1 aliphatic carbocycles. The second-order valence-electron chi connectivity index (χ2n) is 9.11. The predicted molar refractivity (Wildman–Crippen MR) is 121 cm³/mol. The van der Waals surface area contributed by atoms with Gasteiger partial charge in [0.05, 0.1) is 25.3 Å². The summed E-state index contributed by atoms with van der Waals surface area (Å²) in [5.41, 5.74) is 1.47. The van der Waals surface area contributed by atoms with Gasteiger partial charge in [-0.05, 0) is 49.1 Å². The van der Waals surface area contributed by atoms with E-state index >= 15 is 0 Å². The maximum Gasteiger partial charge on any atom is 0.323 e. The molecule has 7 heteroatoms. The summed E-state index contributed by atoms with van der Waals surface area (Å²) in [6.45, 7) is 5.87. The first-order chi connectivity index (χ1) is 15.1. The third-order valence-electron chi connectivity index (χ3n) is 7.50. The van der Waals surface area contributed by atoms with Crippen molar-refractivity contribution in [2.45, 2.75) is 50.0 Å². The minimum absolute atomic E-state index is 0.0460. The Kier molecular flexibility index (Phi) is 5.30. The van der Waals surface area contributed by atoms with E-state index in [9.17, 15) is 4.79 Å². The summed E-state index contributed by atoms with van der Waals surface area (Å²) < 4.78 is 5.43. The lowest BCUT2D eigenvalue weighted by Crippen LogP contribution is -2.49. The number of hydrogen-bond donors (Lipinski definition) is 1. The van der Waals surface area contributed by atoms with Gasteiger partial charge in [-0.3, -0.25) is 4.90 Å². The first-order valence-electron chi connectivity index (χ1n) is 11.4. The van der Waals surface area contributed by atoms with Gasteiger partial charge in [0.25, 0.3) is 0 Å². The lowest BCUT2D eigenvalue weighted by Gasteiger charge is -2.44. The standard InChI is InChI=1S/C24H31N5O2/c1-2-23(19-6-4-3-5-7-19)9-11-24(12-10-23)18-29(22(30)27-24)20-8-13-25-21(26-20)28-14-16-31-17-15-28/h3-8,13H,2,9-12,14-18H2,1H3,(H,27,30)/t23-,24-. The average Bonchev–Trinajstić information content (AvgIpc) is 3.17. The van der Waals surface area contributed by atoms with E-state index in [1.54, 1.807) is 11.1 Å². The Bertz CT molecular complexity index is 921. The summed E-state index contributed by atoms with van der Waals surface area (Å²) in [7, 11) is 0. The fourth-order valence-electron chi connectivity index (χ4n) is 5.43. The van der Waals surface area contributed by atoms with E-state index in [1.807, 2.05) is 6.07 Å². The molecule has 2 saturated heterocycles. The van der Waals surface area contributed by atoms with Crippen molar-refractivity contribution >= 4 is 17.8 Å². The van der Waals surface area contributed by atoms with Gasteiger partial charge in [-0.15, -0.1) is 0 Å². The van der Waals surface area contributed by atoms with E-state index in [-0.39, 0.29) is 17.0 Å². The van der Waals surface area contributed by atoms with E-state index < -0.39 is 0 Å². The van der Waals surface area contributed by atoms with Crippen LogP contribution in [-0.2, 0) is 10.2 Å². The van der Waals surface area contributed by atoms with Gasteiger partial charge in [-0.1, -0.05) is 37.3 Å². The van der Waals surface area contributed by atoms with Crippen molar-refractivity contribution in [3.05, 3.63) is 48.2 Å². The Morgan fingerprint density at radius 3 is 2.52 bits per heavy atom. The van der Waals surface area contributed by atoms with Crippen LogP contribution < -0.4 is 15.1 Å². The Labute approximate surface area is 183 Å². The van der Waals surface area contributed by atoms with Crippen LogP contribution in [0, 0.1) is 0 Å².